The summed E-state index contributed by atoms with van der Waals surface area (Å²) in [5.41, 5.74) is 2.84. The molecule has 0 aliphatic carbocycles. The number of fused-ring (bicyclic) bond motifs is 1. The van der Waals surface area contributed by atoms with E-state index < -0.39 is 0 Å². The Balaban J connectivity index is 1.82. The van der Waals surface area contributed by atoms with E-state index in [2.05, 4.69) is 28.5 Å². The first-order valence-electron chi connectivity index (χ1n) is 6.12. The van der Waals surface area contributed by atoms with Crippen LogP contribution in [0.1, 0.15) is 31.1 Å². The topological polar surface area (TPSA) is 30.3 Å². The molecule has 0 aromatic carbocycles. The lowest BCUT2D eigenvalue weighted by molar-refractivity contribution is -0.0302. The van der Waals surface area contributed by atoms with Crippen LogP contribution in [0.4, 0.5) is 0 Å². The van der Waals surface area contributed by atoms with E-state index in [1.165, 1.54) is 11.3 Å². The number of hydrogen-bond acceptors (Lipinski definition) is 3. The van der Waals surface area contributed by atoms with Crippen molar-refractivity contribution in [1.29, 1.82) is 0 Å². The molecule has 0 atom stereocenters. The van der Waals surface area contributed by atoms with Crippen molar-refractivity contribution in [2.24, 2.45) is 0 Å². The molecule has 0 amide bonds. The lowest BCUT2D eigenvalue weighted by Crippen LogP contribution is -2.38. The molecule has 2 aliphatic heterocycles. The van der Waals surface area contributed by atoms with Gasteiger partial charge in [-0.2, -0.15) is 5.10 Å². The maximum absolute atomic E-state index is 5.24. The first-order valence-corrected chi connectivity index (χ1v) is 6.12. The number of hydrogen-bond donors (Lipinski definition) is 0. The second-order valence-corrected chi connectivity index (χ2v) is 5.07. The highest BCUT2D eigenvalue weighted by atomic mass is 16.5. The zero-order valence-corrected chi connectivity index (χ0v) is 10.0. The summed E-state index contributed by atoms with van der Waals surface area (Å²) in [6, 6.07) is 1.12. The normalized spacial score (nSPS) is 22.2. The van der Waals surface area contributed by atoms with Gasteiger partial charge in [0.1, 0.15) is 0 Å². The standard InChI is InChI=1S/C12H19N3O/c1-9(2)14-4-3-12-10(6-14)5-13-15(12)11-7-16-8-11/h5,9,11H,3-4,6-8H2,1-2H3. The number of aromatic nitrogens is 2. The van der Waals surface area contributed by atoms with Crippen LogP contribution in [0, 0.1) is 0 Å². The summed E-state index contributed by atoms with van der Waals surface area (Å²) in [6.07, 6.45) is 3.17. The molecule has 1 fully saturated rings. The van der Waals surface area contributed by atoms with Gasteiger partial charge in [0.25, 0.3) is 0 Å². The van der Waals surface area contributed by atoms with Crippen molar-refractivity contribution in [3.63, 3.8) is 0 Å². The maximum atomic E-state index is 5.24. The van der Waals surface area contributed by atoms with Crippen LogP contribution in [0.15, 0.2) is 6.20 Å². The van der Waals surface area contributed by atoms with Gasteiger partial charge in [-0.1, -0.05) is 0 Å². The van der Waals surface area contributed by atoms with Gasteiger partial charge in [0, 0.05) is 36.8 Å². The van der Waals surface area contributed by atoms with Gasteiger partial charge in [0.15, 0.2) is 0 Å². The molecule has 0 bridgehead atoms. The van der Waals surface area contributed by atoms with E-state index in [1.54, 1.807) is 0 Å². The molecule has 16 heavy (non-hydrogen) atoms. The minimum Gasteiger partial charge on any atom is -0.377 e. The Kier molecular flexibility index (Phi) is 2.48. The van der Waals surface area contributed by atoms with E-state index in [1.807, 2.05) is 6.20 Å². The first-order chi connectivity index (χ1) is 7.75. The molecule has 0 spiro atoms. The monoisotopic (exact) mass is 221 g/mol. The van der Waals surface area contributed by atoms with E-state index in [9.17, 15) is 0 Å². The molecule has 0 saturated carbocycles. The summed E-state index contributed by atoms with van der Waals surface area (Å²) in [4.78, 5) is 2.51. The summed E-state index contributed by atoms with van der Waals surface area (Å²) in [6.45, 7) is 8.40. The third kappa shape index (κ3) is 1.57. The zero-order chi connectivity index (χ0) is 11.1. The Bertz CT molecular complexity index is 382. The van der Waals surface area contributed by atoms with E-state index in [-0.39, 0.29) is 0 Å². The van der Waals surface area contributed by atoms with Gasteiger partial charge in [-0.25, -0.2) is 0 Å². The molecule has 88 valence electrons. The van der Waals surface area contributed by atoms with Crippen molar-refractivity contribution in [2.75, 3.05) is 19.8 Å². The van der Waals surface area contributed by atoms with Gasteiger partial charge in [-0.05, 0) is 13.8 Å². The maximum Gasteiger partial charge on any atom is 0.0988 e. The van der Waals surface area contributed by atoms with Crippen LogP contribution >= 0.6 is 0 Å². The van der Waals surface area contributed by atoms with Gasteiger partial charge >= 0.3 is 0 Å². The minimum atomic E-state index is 0.495. The Morgan fingerprint density at radius 1 is 1.44 bits per heavy atom. The van der Waals surface area contributed by atoms with Gasteiger partial charge in [-0.15, -0.1) is 0 Å². The zero-order valence-electron chi connectivity index (χ0n) is 10.0. The predicted octanol–water partition coefficient (Wildman–Crippen LogP) is 1.22. The fourth-order valence-electron chi connectivity index (χ4n) is 2.50. The van der Waals surface area contributed by atoms with Gasteiger partial charge in [0.2, 0.25) is 0 Å². The third-order valence-electron chi connectivity index (χ3n) is 3.69. The fourth-order valence-corrected chi connectivity index (χ4v) is 2.50. The highest BCUT2D eigenvalue weighted by Crippen LogP contribution is 2.25. The van der Waals surface area contributed by atoms with Crippen LogP contribution in [0.25, 0.3) is 0 Å². The van der Waals surface area contributed by atoms with E-state index >= 15 is 0 Å². The molecule has 4 nitrogen and oxygen atoms in total. The fraction of sp³-hybridized carbons (Fsp3) is 0.750. The molecule has 3 rings (SSSR count). The molecule has 0 N–H and O–H groups in total. The lowest BCUT2D eigenvalue weighted by atomic mass is 10.1. The Hall–Kier alpha value is -0.870. The SMILES string of the molecule is CC(C)N1CCc2c(cnn2C2COC2)C1. The van der Waals surface area contributed by atoms with E-state index in [4.69, 9.17) is 4.74 Å². The largest absolute Gasteiger partial charge is 0.377 e. The van der Waals surface area contributed by atoms with Crippen LogP contribution < -0.4 is 0 Å². The highest BCUT2D eigenvalue weighted by Gasteiger charge is 2.28. The molecule has 3 heterocycles. The lowest BCUT2D eigenvalue weighted by Gasteiger charge is -2.33. The van der Waals surface area contributed by atoms with Crippen LogP contribution in [-0.2, 0) is 17.7 Å². The van der Waals surface area contributed by atoms with Crippen LogP contribution in [0.5, 0.6) is 0 Å². The Labute approximate surface area is 96.2 Å². The summed E-state index contributed by atoms with van der Waals surface area (Å²) in [5.74, 6) is 0. The average molecular weight is 221 g/mol. The van der Waals surface area contributed by atoms with Crippen LogP contribution in [0.3, 0.4) is 0 Å². The summed E-state index contributed by atoms with van der Waals surface area (Å²) in [7, 11) is 0. The van der Waals surface area contributed by atoms with Gasteiger partial charge < -0.3 is 4.74 Å². The van der Waals surface area contributed by atoms with Crippen LogP contribution in [-0.4, -0.2) is 40.5 Å². The summed E-state index contributed by atoms with van der Waals surface area (Å²) in [5, 5.41) is 4.52. The summed E-state index contributed by atoms with van der Waals surface area (Å²) >= 11 is 0. The van der Waals surface area contributed by atoms with Crippen molar-refractivity contribution in [3.05, 3.63) is 17.5 Å². The predicted molar refractivity (Wildman–Crippen MR) is 61.3 cm³/mol. The van der Waals surface area contributed by atoms with E-state index in [0.717, 1.165) is 32.7 Å². The van der Waals surface area contributed by atoms with Crippen molar-refractivity contribution in [2.45, 2.75) is 38.9 Å². The molecule has 0 unspecified atom stereocenters. The summed E-state index contributed by atoms with van der Waals surface area (Å²) < 4.78 is 7.43. The number of ether oxygens (including phenoxy) is 1. The molecular weight excluding hydrogens is 202 g/mol. The third-order valence-corrected chi connectivity index (χ3v) is 3.69. The van der Waals surface area contributed by atoms with Gasteiger partial charge in [0.05, 0.1) is 25.5 Å². The molecule has 1 saturated heterocycles. The molecule has 2 aliphatic rings. The van der Waals surface area contributed by atoms with Crippen LogP contribution in [0.2, 0.25) is 0 Å². The van der Waals surface area contributed by atoms with Gasteiger partial charge in [-0.3, -0.25) is 9.58 Å². The first kappa shape index (κ1) is 10.3. The smallest absolute Gasteiger partial charge is 0.0988 e. The molecule has 0 radical (unpaired) electrons. The molecule has 1 aromatic heterocycles. The Morgan fingerprint density at radius 3 is 2.88 bits per heavy atom. The number of nitrogens with zero attached hydrogens (tertiary/aromatic N) is 3. The van der Waals surface area contributed by atoms with Crippen molar-refractivity contribution >= 4 is 0 Å². The average Bonchev–Trinajstić information content (AvgIpc) is 2.59. The quantitative estimate of drug-likeness (QED) is 0.752. The molecule has 4 heteroatoms. The minimum absolute atomic E-state index is 0.495. The number of rotatable bonds is 2. The van der Waals surface area contributed by atoms with E-state index in [0.29, 0.717) is 12.1 Å². The van der Waals surface area contributed by atoms with Crippen molar-refractivity contribution in [3.8, 4) is 0 Å². The Morgan fingerprint density at radius 2 is 2.25 bits per heavy atom. The second-order valence-electron chi connectivity index (χ2n) is 5.07. The highest BCUT2D eigenvalue weighted by molar-refractivity contribution is 5.21. The van der Waals surface area contributed by atoms with Crippen molar-refractivity contribution < 1.29 is 4.74 Å². The molecule has 1 aromatic rings. The molecular formula is C12H19N3O. The van der Waals surface area contributed by atoms with Crippen molar-refractivity contribution in [1.82, 2.24) is 14.7 Å². The second kappa shape index (κ2) is 3.86.